The van der Waals surface area contributed by atoms with Gasteiger partial charge in [0.15, 0.2) is 5.96 Å². The number of guanidine groups is 1. The molecule has 0 saturated carbocycles. The fraction of sp³-hybridized carbons (Fsp3) is 0.529. The van der Waals surface area contributed by atoms with Crippen molar-refractivity contribution in [3.63, 3.8) is 0 Å². The third-order valence-corrected chi connectivity index (χ3v) is 3.66. The third-order valence-electron chi connectivity index (χ3n) is 3.66. The number of ether oxygens (including phenoxy) is 1. The van der Waals surface area contributed by atoms with Crippen molar-refractivity contribution in [2.45, 2.75) is 6.92 Å². The van der Waals surface area contributed by atoms with Gasteiger partial charge in [0.1, 0.15) is 12.4 Å². The Kier molecular flexibility index (Phi) is 8.14. The normalized spacial score (nSPS) is 15.7. The molecule has 0 bridgehead atoms. The molecule has 0 aliphatic carbocycles. The fourth-order valence-corrected chi connectivity index (χ4v) is 2.42. The largest absolute Gasteiger partial charge is 0.379 e. The molecule has 1 saturated heterocycles. The summed E-state index contributed by atoms with van der Waals surface area (Å²) < 4.78 is 18.4. The number of hydrogen-bond donors (Lipinski definition) is 3. The molecule has 1 aliphatic heterocycles. The number of nitrogens with zero attached hydrogens (tertiary/aromatic N) is 2. The van der Waals surface area contributed by atoms with Crippen LogP contribution in [0.2, 0.25) is 0 Å². The molecule has 0 radical (unpaired) electrons. The number of morpholine rings is 1. The smallest absolute Gasteiger partial charge is 0.246 e. The summed E-state index contributed by atoms with van der Waals surface area (Å²) in [5, 5.41) is 8.94. The average molecular weight is 351 g/mol. The number of halogens is 1. The van der Waals surface area contributed by atoms with Crippen LogP contribution in [-0.4, -0.2) is 69.2 Å². The fourth-order valence-electron chi connectivity index (χ4n) is 2.42. The number of nitrogens with one attached hydrogen (secondary N) is 3. The van der Waals surface area contributed by atoms with E-state index in [1.54, 1.807) is 12.1 Å². The molecule has 138 valence electrons. The van der Waals surface area contributed by atoms with Gasteiger partial charge in [-0.05, 0) is 25.1 Å². The van der Waals surface area contributed by atoms with Crippen LogP contribution in [-0.2, 0) is 9.53 Å². The maximum absolute atomic E-state index is 13.1. The summed E-state index contributed by atoms with van der Waals surface area (Å²) in [7, 11) is 0. The SMILES string of the molecule is CCNC(=NCC(=O)Nc1cccc(F)c1)NCCN1CCOCC1. The summed E-state index contributed by atoms with van der Waals surface area (Å²) in [6.45, 7) is 7.67. The van der Waals surface area contributed by atoms with Crippen molar-refractivity contribution in [2.75, 3.05) is 57.8 Å². The highest BCUT2D eigenvalue weighted by Gasteiger charge is 2.10. The minimum absolute atomic E-state index is 0.0383. The second kappa shape index (κ2) is 10.6. The maximum atomic E-state index is 13.1. The summed E-state index contributed by atoms with van der Waals surface area (Å²) in [6, 6.07) is 5.78. The summed E-state index contributed by atoms with van der Waals surface area (Å²) in [5.41, 5.74) is 0.422. The highest BCUT2D eigenvalue weighted by atomic mass is 19.1. The van der Waals surface area contributed by atoms with Crippen LogP contribution in [0.5, 0.6) is 0 Å². The second-order valence-electron chi connectivity index (χ2n) is 5.63. The van der Waals surface area contributed by atoms with Crippen LogP contribution in [0, 0.1) is 5.82 Å². The van der Waals surface area contributed by atoms with Gasteiger partial charge in [0.25, 0.3) is 0 Å². The number of carbonyl (C=O) groups excluding carboxylic acids is 1. The molecule has 7 nitrogen and oxygen atoms in total. The van der Waals surface area contributed by atoms with E-state index in [9.17, 15) is 9.18 Å². The number of benzene rings is 1. The average Bonchev–Trinajstić information content (AvgIpc) is 2.60. The van der Waals surface area contributed by atoms with E-state index >= 15 is 0 Å². The molecule has 2 rings (SSSR count). The van der Waals surface area contributed by atoms with Gasteiger partial charge in [-0.2, -0.15) is 0 Å². The third kappa shape index (κ3) is 7.49. The van der Waals surface area contributed by atoms with Crippen LogP contribution < -0.4 is 16.0 Å². The summed E-state index contributed by atoms with van der Waals surface area (Å²) >= 11 is 0. The maximum Gasteiger partial charge on any atom is 0.246 e. The van der Waals surface area contributed by atoms with Gasteiger partial charge in [-0.3, -0.25) is 9.69 Å². The Hall–Kier alpha value is -2.19. The number of aliphatic imine (C=N–C) groups is 1. The predicted octanol–water partition coefficient (Wildman–Crippen LogP) is 0.651. The number of amides is 1. The zero-order valence-electron chi connectivity index (χ0n) is 14.6. The Bertz CT molecular complexity index is 576. The van der Waals surface area contributed by atoms with Gasteiger partial charge in [0, 0.05) is 38.4 Å². The summed E-state index contributed by atoms with van der Waals surface area (Å²) in [4.78, 5) is 18.5. The minimum atomic E-state index is -0.389. The molecule has 1 aromatic rings. The Morgan fingerprint density at radius 2 is 2.12 bits per heavy atom. The van der Waals surface area contributed by atoms with Crippen molar-refractivity contribution in [3.05, 3.63) is 30.1 Å². The van der Waals surface area contributed by atoms with Crippen LogP contribution in [0.1, 0.15) is 6.92 Å². The Morgan fingerprint density at radius 1 is 1.32 bits per heavy atom. The molecule has 0 aromatic heterocycles. The molecular formula is C17H26FN5O2. The van der Waals surface area contributed by atoms with Gasteiger partial charge in [-0.1, -0.05) is 6.07 Å². The van der Waals surface area contributed by atoms with Crippen molar-refractivity contribution in [1.82, 2.24) is 15.5 Å². The van der Waals surface area contributed by atoms with Gasteiger partial charge in [-0.15, -0.1) is 0 Å². The quantitative estimate of drug-likeness (QED) is 0.497. The molecule has 1 heterocycles. The topological polar surface area (TPSA) is 78.0 Å². The molecule has 1 fully saturated rings. The van der Waals surface area contributed by atoms with E-state index < -0.39 is 0 Å². The van der Waals surface area contributed by atoms with E-state index in [-0.39, 0.29) is 18.3 Å². The molecular weight excluding hydrogens is 325 g/mol. The van der Waals surface area contributed by atoms with Crippen molar-refractivity contribution in [2.24, 2.45) is 4.99 Å². The molecule has 1 aliphatic rings. The molecule has 1 aromatic carbocycles. The first-order valence-corrected chi connectivity index (χ1v) is 8.55. The molecule has 0 spiro atoms. The summed E-state index contributed by atoms with van der Waals surface area (Å²) in [6.07, 6.45) is 0. The first kappa shape index (κ1) is 19.1. The molecule has 8 heteroatoms. The lowest BCUT2D eigenvalue weighted by Gasteiger charge is -2.26. The van der Waals surface area contributed by atoms with Crippen LogP contribution >= 0.6 is 0 Å². The lowest BCUT2D eigenvalue weighted by Crippen LogP contribution is -2.44. The Balaban J connectivity index is 1.76. The number of rotatable bonds is 7. The van der Waals surface area contributed by atoms with Crippen LogP contribution in [0.3, 0.4) is 0 Å². The van der Waals surface area contributed by atoms with E-state index in [1.807, 2.05) is 6.92 Å². The van der Waals surface area contributed by atoms with Gasteiger partial charge < -0.3 is 20.7 Å². The van der Waals surface area contributed by atoms with E-state index in [1.165, 1.54) is 12.1 Å². The van der Waals surface area contributed by atoms with Crippen LogP contribution in [0.25, 0.3) is 0 Å². The minimum Gasteiger partial charge on any atom is -0.379 e. The zero-order valence-corrected chi connectivity index (χ0v) is 14.6. The Morgan fingerprint density at radius 3 is 2.84 bits per heavy atom. The van der Waals surface area contributed by atoms with E-state index in [0.717, 1.165) is 39.4 Å². The van der Waals surface area contributed by atoms with Gasteiger partial charge in [-0.25, -0.2) is 9.38 Å². The summed E-state index contributed by atoms with van der Waals surface area (Å²) in [5.74, 6) is -0.0967. The number of carbonyl (C=O) groups is 1. The highest BCUT2D eigenvalue weighted by Crippen LogP contribution is 2.08. The van der Waals surface area contributed by atoms with Gasteiger partial charge >= 0.3 is 0 Å². The zero-order chi connectivity index (χ0) is 17.9. The first-order valence-electron chi connectivity index (χ1n) is 8.55. The second-order valence-corrected chi connectivity index (χ2v) is 5.63. The van der Waals surface area contributed by atoms with Crippen LogP contribution in [0.4, 0.5) is 10.1 Å². The molecule has 3 N–H and O–H groups in total. The standard InChI is InChI=1S/C17H26FN5O2/c1-2-19-17(20-6-7-23-8-10-25-11-9-23)21-13-16(24)22-15-5-3-4-14(18)12-15/h3-5,12H,2,6-11,13H2,1H3,(H,22,24)(H2,19,20,21). The molecule has 0 unspecified atom stereocenters. The molecule has 25 heavy (non-hydrogen) atoms. The Labute approximate surface area is 147 Å². The lowest BCUT2D eigenvalue weighted by molar-refractivity contribution is -0.114. The monoisotopic (exact) mass is 351 g/mol. The van der Waals surface area contributed by atoms with Gasteiger partial charge in [0.2, 0.25) is 5.91 Å². The number of hydrogen-bond acceptors (Lipinski definition) is 4. The molecule has 0 atom stereocenters. The molecule has 1 amide bonds. The van der Waals surface area contributed by atoms with Crippen molar-refractivity contribution in [1.29, 1.82) is 0 Å². The van der Waals surface area contributed by atoms with E-state index in [2.05, 4.69) is 25.8 Å². The van der Waals surface area contributed by atoms with Crippen molar-refractivity contribution in [3.8, 4) is 0 Å². The van der Waals surface area contributed by atoms with Crippen molar-refractivity contribution >= 4 is 17.6 Å². The first-order chi connectivity index (χ1) is 12.2. The van der Waals surface area contributed by atoms with Crippen LogP contribution in [0.15, 0.2) is 29.3 Å². The highest BCUT2D eigenvalue weighted by molar-refractivity contribution is 5.94. The number of anilines is 1. The van der Waals surface area contributed by atoms with Crippen molar-refractivity contribution < 1.29 is 13.9 Å². The van der Waals surface area contributed by atoms with E-state index in [4.69, 9.17) is 4.74 Å². The van der Waals surface area contributed by atoms with E-state index in [0.29, 0.717) is 18.2 Å². The predicted molar refractivity (Wildman–Crippen MR) is 96.3 cm³/mol. The lowest BCUT2D eigenvalue weighted by atomic mass is 10.3. The van der Waals surface area contributed by atoms with Gasteiger partial charge in [0.05, 0.1) is 13.2 Å².